The van der Waals surface area contributed by atoms with E-state index in [9.17, 15) is 4.79 Å². The number of rotatable bonds is 4. The van der Waals surface area contributed by atoms with Gasteiger partial charge in [0, 0.05) is 5.69 Å². The number of carbonyl (C=O) groups is 1. The molecule has 0 saturated carbocycles. The van der Waals surface area contributed by atoms with Crippen LogP contribution in [0.4, 0.5) is 5.69 Å². The van der Waals surface area contributed by atoms with Crippen molar-refractivity contribution in [2.45, 2.75) is 13.8 Å². The van der Waals surface area contributed by atoms with Crippen molar-refractivity contribution < 1.29 is 14.3 Å². The molecule has 5 nitrogen and oxygen atoms in total. The third-order valence-corrected chi connectivity index (χ3v) is 3.72. The first kappa shape index (κ1) is 17.7. The van der Waals surface area contributed by atoms with Gasteiger partial charge in [-0.3, -0.25) is 10.1 Å². The van der Waals surface area contributed by atoms with Gasteiger partial charge in [-0.15, -0.1) is 0 Å². The maximum Gasteiger partial charge on any atom is 0.264 e. The van der Waals surface area contributed by atoms with Gasteiger partial charge in [-0.1, -0.05) is 23.8 Å². The molecule has 0 unspecified atom stereocenters. The van der Waals surface area contributed by atoms with Gasteiger partial charge in [0.2, 0.25) is 0 Å². The lowest BCUT2D eigenvalue weighted by atomic mass is 10.1. The van der Waals surface area contributed by atoms with Crippen molar-refractivity contribution in [2.75, 3.05) is 19.5 Å². The lowest BCUT2D eigenvalue weighted by molar-refractivity contribution is 0.0971. The molecule has 0 saturated heterocycles. The smallest absolute Gasteiger partial charge is 0.264 e. The molecule has 0 spiro atoms. The van der Waals surface area contributed by atoms with Crippen molar-refractivity contribution in [3.8, 4) is 11.5 Å². The molecule has 0 aliphatic rings. The maximum atomic E-state index is 12.5. The molecule has 0 heterocycles. The number of methoxy groups -OCH3 is 2. The zero-order chi connectivity index (χ0) is 17.7. The van der Waals surface area contributed by atoms with Crippen LogP contribution in [0, 0.1) is 13.8 Å². The van der Waals surface area contributed by atoms with Crippen molar-refractivity contribution in [2.24, 2.45) is 0 Å². The van der Waals surface area contributed by atoms with Crippen LogP contribution in [-0.2, 0) is 0 Å². The zero-order valence-electron chi connectivity index (χ0n) is 14.1. The minimum absolute atomic E-state index is 0.208. The Balaban J connectivity index is 2.16. The van der Waals surface area contributed by atoms with Gasteiger partial charge in [0.05, 0.1) is 14.2 Å². The van der Waals surface area contributed by atoms with Crippen molar-refractivity contribution in [1.29, 1.82) is 0 Å². The highest BCUT2D eigenvalue weighted by molar-refractivity contribution is 7.80. The van der Waals surface area contributed by atoms with Crippen LogP contribution in [0.25, 0.3) is 0 Å². The Kier molecular flexibility index (Phi) is 5.76. The van der Waals surface area contributed by atoms with Gasteiger partial charge in [0.25, 0.3) is 5.91 Å². The Morgan fingerprint density at radius 1 is 1.04 bits per heavy atom. The molecule has 6 heteroatoms. The van der Waals surface area contributed by atoms with Crippen molar-refractivity contribution in [1.82, 2.24) is 5.32 Å². The van der Waals surface area contributed by atoms with Crippen LogP contribution >= 0.6 is 12.2 Å². The fourth-order valence-electron chi connectivity index (χ4n) is 2.35. The molecule has 2 rings (SSSR count). The van der Waals surface area contributed by atoms with Gasteiger partial charge in [-0.2, -0.15) is 0 Å². The molecule has 126 valence electrons. The maximum absolute atomic E-state index is 12.5. The van der Waals surface area contributed by atoms with Crippen LogP contribution in [0.15, 0.2) is 36.4 Å². The Morgan fingerprint density at radius 3 is 2.21 bits per heavy atom. The summed E-state index contributed by atoms with van der Waals surface area (Å²) in [5, 5.41) is 5.90. The Labute approximate surface area is 147 Å². The molecule has 0 aliphatic carbocycles. The molecule has 0 aromatic heterocycles. The van der Waals surface area contributed by atoms with Gasteiger partial charge >= 0.3 is 0 Å². The quantitative estimate of drug-likeness (QED) is 0.832. The molecule has 0 radical (unpaired) electrons. The summed E-state index contributed by atoms with van der Waals surface area (Å²) in [7, 11) is 3.00. The average Bonchev–Trinajstić information content (AvgIpc) is 2.56. The number of carbonyl (C=O) groups excluding carboxylic acids is 1. The Hall–Kier alpha value is -2.60. The second-order valence-corrected chi connectivity index (χ2v) is 5.67. The highest BCUT2D eigenvalue weighted by atomic mass is 32.1. The van der Waals surface area contributed by atoms with Crippen LogP contribution in [-0.4, -0.2) is 25.2 Å². The molecule has 0 aliphatic heterocycles. The number of hydrogen-bond acceptors (Lipinski definition) is 4. The Morgan fingerprint density at radius 2 is 1.67 bits per heavy atom. The van der Waals surface area contributed by atoms with Gasteiger partial charge in [0.1, 0.15) is 17.1 Å². The molecular formula is C18H20N2O3S. The summed E-state index contributed by atoms with van der Waals surface area (Å²) in [4.78, 5) is 12.5. The van der Waals surface area contributed by atoms with E-state index in [1.54, 1.807) is 18.2 Å². The summed E-state index contributed by atoms with van der Waals surface area (Å²) in [6, 6.07) is 11.1. The lowest BCUT2D eigenvalue weighted by Crippen LogP contribution is -2.34. The van der Waals surface area contributed by atoms with E-state index in [0.29, 0.717) is 17.1 Å². The van der Waals surface area contributed by atoms with Gasteiger partial charge in [-0.25, -0.2) is 0 Å². The molecule has 2 aromatic rings. The molecular weight excluding hydrogens is 324 g/mol. The molecule has 2 N–H and O–H groups in total. The normalized spacial score (nSPS) is 10.0. The second kappa shape index (κ2) is 7.79. The molecule has 2 aromatic carbocycles. The minimum Gasteiger partial charge on any atom is -0.496 e. The first-order chi connectivity index (χ1) is 11.5. The molecule has 0 fully saturated rings. The number of aryl methyl sites for hydroxylation is 2. The van der Waals surface area contributed by atoms with Crippen LogP contribution in [0.5, 0.6) is 11.5 Å². The van der Waals surface area contributed by atoms with Crippen LogP contribution in [0.3, 0.4) is 0 Å². The van der Waals surface area contributed by atoms with Gasteiger partial charge in [-0.05, 0) is 49.8 Å². The number of amides is 1. The van der Waals surface area contributed by atoms with Crippen molar-refractivity contribution >= 4 is 28.9 Å². The van der Waals surface area contributed by atoms with E-state index >= 15 is 0 Å². The molecule has 1 amide bonds. The number of thiocarbonyl (C=S) groups is 1. The summed E-state index contributed by atoms with van der Waals surface area (Å²) >= 11 is 5.24. The van der Waals surface area contributed by atoms with E-state index in [2.05, 4.69) is 10.6 Å². The van der Waals surface area contributed by atoms with Gasteiger partial charge in [0.15, 0.2) is 5.11 Å². The van der Waals surface area contributed by atoms with Crippen LogP contribution in [0.1, 0.15) is 21.5 Å². The summed E-state index contributed by atoms with van der Waals surface area (Å²) in [5.41, 5.74) is 3.35. The number of nitrogens with one attached hydrogen (secondary N) is 2. The molecule has 24 heavy (non-hydrogen) atoms. The summed E-state index contributed by atoms with van der Waals surface area (Å²) in [5.74, 6) is 0.439. The third kappa shape index (κ3) is 4.02. The monoisotopic (exact) mass is 344 g/mol. The lowest BCUT2D eigenvalue weighted by Gasteiger charge is -2.15. The highest BCUT2D eigenvalue weighted by Crippen LogP contribution is 2.28. The fraction of sp³-hybridized carbons (Fsp3) is 0.222. The van der Waals surface area contributed by atoms with E-state index in [1.807, 2.05) is 32.0 Å². The second-order valence-electron chi connectivity index (χ2n) is 5.26. The number of benzene rings is 2. The molecule has 0 bridgehead atoms. The SMILES string of the molecule is COc1cccc(OC)c1C(=O)NC(=S)Nc1ccc(C)cc1C. The number of ether oxygens (including phenoxy) is 2. The predicted octanol–water partition coefficient (Wildman–Crippen LogP) is 3.45. The first-order valence-corrected chi connectivity index (χ1v) is 7.77. The number of hydrogen-bond donors (Lipinski definition) is 2. The summed E-state index contributed by atoms with van der Waals surface area (Å²) in [6.07, 6.45) is 0. The largest absolute Gasteiger partial charge is 0.496 e. The van der Waals surface area contributed by atoms with Gasteiger partial charge < -0.3 is 14.8 Å². The minimum atomic E-state index is -0.397. The standard InChI is InChI=1S/C18H20N2O3S/c1-11-8-9-13(12(2)10-11)19-18(24)20-17(21)16-14(22-3)6-5-7-15(16)23-4/h5-10H,1-4H3,(H2,19,20,21,24). The van der Waals surface area contributed by atoms with Crippen LogP contribution < -0.4 is 20.1 Å². The fourth-order valence-corrected chi connectivity index (χ4v) is 2.55. The van der Waals surface area contributed by atoms with Crippen molar-refractivity contribution in [3.05, 3.63) is 53.1 Å². The predicted molar refractivity (Wildman–Crippen MR) is 99.1 cm³/mol. The van der Waals surface area contributed by atoms with E-state index in [-0.39, 0.29) is 5.11 Å². The van der Waals surface area contributed by atoms with Crippen molar-refractivity contribution in [3.63, 3.8) is 0 Å². The zero-order valence-corrected chi connectivity index (χ0v) is 14.9. The molecule has 0 atom stereocenters. The highest BCUT2D eigenvalue weighted by Gasteiger charge is 2.19. The van der Waals surface area contributed by atoms with E-state index in [1.165, 1.54) is 14.2 Å². The average molecular weight is 344 g/mol. The summed E-state index contributed by atoms with van der Waals surface area (Å²) < 4.78 is 10.5. The van der Waals surface area contributed by atoms with E-state index < -0.39 is 5.91 Å². The number of anilines is 1. The summed E-state index contributed by atoms with van der Waals surface area (Å²) in [6.45, 7) is 3.99. The van der Waals surface area contributed by atoms with E-state index in [0.717, 1.165) is 16.8 Å². The van der Waals surface area contributed by atoms with Crippen LogP contribution in [0.2, 0.25) is 0 Å². The van der Waals surface area contributed by atoms with E-state index in [4.69, 9.17) is 21.7 Å². The topological polar surface area (TPSA) is 59.6 Å². The Bertz CT molecular complexity index is 753. The third-order valence-electron chi connectivity index (χ3n) is 3.51. The first-order valence-electron chi connectivity index (χ1n) is 7.37.